The summed E-state index contributed by atoms with van der Waals surface area (Å²) in [4.78, 5) is 49.6. The van der Waals surface area contributed by atoms with Crippen LogP contribution in [0.2, 0.25) is 0 Å². The van der Waals surface area contributed by atoms with Crippen LogP contribution in [0.4, 0.5) is 4.79 Å². The van der Waals surface area contributed by atoms with Crippen molar-refractivity contribution in [3.63, 3.8) is 0 Å². The van der Waals surface area contributed by atoms with E-state index in [1.165, 1.54) is 27.7 Å². The molecular weight excluding hydrogens is 492 g/mol. The Kier molecular flexibility index (Phi) is 6.91. The summed E-state index contributed by atoms with van der Waals surface area (Å²) >= 11 is 2.46. The molecular formula is C15H18N12O5S2. The van der Waals surface area contributed by atoms with Gasteiger partial charge in [0.15, 0.2) is 0 Å². The first-order valence-corrected chi connectivity index (χ1v) is 11.6. The number of carbonyl (C=O) groups excluding carboxylic acids is 3. The Hall–Kier alpha value is -3.74. The number of hydrogen-bond donors (Lipinski definition) is 5. The van der Waals surface area contributed by atoms with Crippen LogP contribution in [0.15, 0.2) is 22.8 Å². The first-order valence-electron chi connectivity index (χ1n) is 9.69. The van der Waals surface area contributed by atoms with Crippen molar-refractivity contribution in [3.8, 4) is 0 Å². The Balaban J connectivity index is 1.52. The van der Waals surface area contributed by atoms with Gasteiger partial charge < -0.3 is 21.5 Å². The molecule has 6 N–H and O–H groups in total. The van der Waals surface area contributed by atoms with Gasteiger partial charge in [0.25, 0.3) is 5.91 Å². The second-order valence-electron chi connectivity index (χ2n) is 7.02. The summed E-state index contributed by atoms with van der Waals surface area (Å²) < 4.78 is 1.20. The second kappa shape index (κ2) is 10.0. The summed E-state index contributed by atoms with van der Waals surface area (Å²) in [5.74, 6) is -2.05. The third-order valence-electron chi connectivity index (χ3n) is 4.88. The molecule has 2 aromatic heterocycles. The molecule has 34 heavy (non-hydrogen) atoms. The fourth-order valence-electron chi connectivity index (χ4n) is 3.47. The molecule has 0 saturated carbocycles. The molecule has 1 fully saturated rings. The minimum atomic E-state index is -1.28. The molecule has 1 saturated heterocycles. The normalized spacial score (nSPS) is 20.4. The summed E-state index contributed by atoms with van der Waals surface area (Å²) in [5.41, 5.74) is 5.42. The van der Waals surface area contributed by atoms with Gasteiger partial charge in [-0.3, -0.25) is 14.5 Å². The largest absolute Gasteiger partial charge is 0.477 e. The smallest absolute Gasteiger partial charge is 0.352 e. The van der Waals surface area contributed by atoms with E-state index in [-0.39, 0.29) is 29.7 Å². The molecule has 2 unspecified atom stereocenters. The Labute approximate surface area is 198 Å². The highest BCUT2D eigenvalue weighted by Gasteiger charge is 2.54. The van der Waals surface area contributed by atoms with E-state index in [0.717, 1.165) is 11.8 Å². The number of tetrazole rings is 2. The monoisotopic (exact) mass is 510 g/mol. The van der Waals surface area contributed by atoms with Gasteiger partial charge in [-0.25, -0.2) is 14.3 Å². The lowest BCUT2D eigenvalue weighted by Gasteiger charge is -2.50. The maximum atomic E-state index is 12.9. The number of nitrogens with two attached hydrogens (primary N) is 1. The van der Waals surface area contributed by atoms with Crippen LogP contribution in [0, 0.1) is 0 Å². The standard InChI is InChI=1S/C15H18N12O5S2/c16-14(32)17-2-1-7(34-15-20-23-24-21-15)6-4-33-12-9(11(29)27(12)10(6)13(30)31)19-8(28)3-26-5-18-22-25-26/h5,7,9,12H,1-4H2,(H,19,28)(H,30,31)(H3,16,17,32)(H,20,21,23,24)/t7?,9?,12-/m0/s1. The van der Waals surface area contributed by atoms with Gasteiger partial charge in [0, 0.05) is 17.5 Å². The van der Waals surface area contributed by atoms with Crippen molar-refractivity contribution >= 4 is 47.3 Å². The number of amides is 4. The summed E-state index contributed by atoms with van der Waals surface area (Å²) in [6, 6.07) is -1.60. The Bertz CT molecular complexity index is 1110. The minimum Gasteiger partial charge on any atom is -0.477 e. The van der Waals surface area contributed by atoms with Crippen LogP contribution >= 0.6 is 23.5 Å². The summed E-state index contributed by atoms with van der Waals surface area (Å²) in [6.45, 7) is -0.0174. The van der Waals surface area contributed by atoms with Gasteiger partial charge in [-0.2, -0.15) is 5.21 Å². The number of primary amides is 1. The number of urea groups is 1. The molecule has 3 atom stereocenters. The van der Waals surface area contributed by atoms with Crippen LogP contribution in [0.25, 0.3) is 0 Å². The summed E-state index contributed by atoms with van der Waals surface area (Å²) in [6.07, 6.45) is 1.56. The summed E-state index contributed by atoms with van der Waals surface area (Å²) in [5, 5.41) is 38.3. The fourth-order valence-corrected chi connectivity index (χ4v) is 6.01. The molecule has 19 heteroatoms. The third kappa shape index (κ3) is 4.93. The first-order chi connectivity index (χ1) is 16.3. The van der Waals surface area contributed by atoms with Gasteiger partial charge in [-0.15, -0.1) is 27.1 Å². The molecule has 4 rings (SSSR count). The van der Waals surface area contributed by atoms with E-state index in [0.29, 0.717) is 12.0 Å². The molecule has 2 aromatic rings. The molecule has 0 bridgehead atoms. The minimum absolute atomic E-state index is 0.166. The van der Waals surface area contributed by atoms with Crippen molar-refractivity contribution in [2.75, 3.05) is 12.3 Å². The lowest BCUT2D eigenvalue weighted by molar-refractivity contribution is -0.150. The van der Waals surface area contributed by atoms with Crippen LogP contribution in [0.1, 0.15) is 6.42 Å². The quantitative estimate of drug-likeness (QED) is 0.160. The number of hydrogen-bond acceptors (Lipinski definition) is 12. The zero-order chi connectivity index (χ0) is 24.2. The van der Waals surface area contributed by atoms with Crippen LogP contribution in [-0.4, -0.2) is 104 Å². The van der Waals surface area contributed by atoms with Gasteiger partial charge >= 0.3 is 12.0 Å². The van der Waals surface area contributed by atoms with Crippen molar-refractivity contribution in [2.24, 2.45) is 5.73 Å². The van der Waals surface area contributed by atoms with Crippen molar-refractivity contribution in [1.82, 2.24) is 56.4 Å². The number of H-pyrrole nitrogens is 1. The van der Waals surface area contributed by atoms with E-state index in [2.05, 4.69) is 46.8 Å². The zero-order valence-electron chi connectivity index (χ0n) is 17.2. The van der Waals surface area contributed by atoms with Crippen molar-refractivity contribution in [2.45, 2.75) is 34.8 Å². The highest BCUT2D eigenvalue weighted by atomic mass is 32.2. The van der Waals surface area contributed by atoms with Crippen molar-refractivity contribution in [1.29, 1.82) is 0 Å². The van der Waals surface area contributed by atoms with Crippen molar-refractivity contribution < 1.29 is 24.3 Å². The predicted octanol–water partition coefficient (Wildman–Crippen LogP) is -2.86. The molecule has 4 heterocycles. The third-order valence-corrected chi connectivity index (χ3v) is 7.37. The molecule has 0 aromatic carbocycles. The molecule has 17 nitrogen and oxygen atoms in total. The molecule has 2 aliphatic rings. The number of carboxylic acids is 1. The van der Waals surface area contributed by atoms with E-state index in [9.17, 15) is 24.3 Å². The fraction of sp³-hybridized carbons (Fsp3) is 0.467. The number of fused-ring (bicyclic) bond motifs is 1. The molecule has 0 aliphatic carbocycles. The number of aliphatic carboxylic acids is 1. The molecule has 0 radical (unpaired) electrons. The van der Waals surface area contributed by atoms with E-state index in [4.69, 9.17) is 5.73 Å². The molecule has 4 amide bonds. The number of aromatic amines is 1. The highest BCUT2D eigenvalue weighted by molar-refractivity contribution is 8.01. The molecule has 2 aliphatic heterocycles. The van der Waals surface area contributed by atoms with Gasteiger partial charge in [-0.1, -0.05) is 11.8 Å². The van der Waals surface area contributed by atoms with Crippen LogP contribution in [-0.2, 0) is 20.9 Å². The average molecular weight is 511 g/mol. The Morgan fingerprint density at radius 1 is 1.41 bits per heavy atom. The van der Waals surface area contributed by atoms with E-state index >= 15 is 0 Å². The number of β-lactam (4-membered cyclic amide) rings is 1. The van der Waals surface area contributed by atoms with Gasteiger partial charge in [0.05, 0.1) is 0 Å². The van der Waals surface area contributed by atoms with E-state index < -0.39 is 40.5 Å². The number of rotatable bonds is 10. The number of nitrogens with zero attached hydrogens (tertiary/aromatic N) is 8. The van der Waals surface area contributed by atoms with Gasteiger partial charge in [0.2, 0.25) is 11.1 Å². The van der Waals surface area contributed by atoms with Crippen molar-refractivity contribution in [3.05, 3.63) is 17.6 Å². The average Bonchev–Trinajstić information content (AvgIpc) is 3.49. The first kappa shape index (κ1) is 23.4. The molecule has 0 spiro atoms. The Morgan fingerprint density at radius 3 is 2.88 bits per heavy atom. The second-order valence-corrected chi connectivity index (χ2v) is 9.30. The summed E-state index contributed by atoms with van der Waals surface area (Å²) in [7, 11) is 0. The van der Waals surface area contributed by atoms with Crippen LogP contribution < -0.4 is 16.4 Å². The number of thioether (sulfide) groups is 2. The topological polar surface area (TPSA) is 240 Å². The van der Waals surface area contributed by atoms with Crippen LogP contribution in [0.5, 0.6) is 0 Å². The number of carboxylic acid groups (broad SMARTS) is 1. The lowest BCUT2D eigenvalue weighted by Crippen LogP contribution is -2.71. The zero-order valence-corrected chi connectivity index (χ0v) is 18.8. The van der Waals surface area contributed by atoms with Gasteiger partial charge in [0.1, 0.15) is 30.0 Å². The lowest BCUT2D eigenvalue weighted by atomic mass is 10.0. The number of nitrogens with one attached hydrogen (secondary N) is 3. The molecule has 180 valence electrons. The maximum absolute atomic E-state index is 12.9. The number of aromatic nitrogens is 8. The predicted molar refractivity (Wildman–Crippen MR) is 114 cm³/mol. The SMILES string of the molecule is NC(=O)NCCC(Sc1nn[nH]n1)C1=C(C(=O)O)N2C(=O)C(NC(=O)Cn3cnnn3)[C@@H]2SC1. The number of carbonyl (C=O) groups is 4. The Morgan fingerprint density at radius 2 is 2.24 bits per heavy atom. The van der Waals surface area contributed by atoms with E-state index in [1.54, 1.807) is 0 Å². The maximum Gasteiger partial charge on any atom is 0.352 e. The van der Waals surface area contributed by atoms with E-state index in [1.807, 2.05) is 0 Å². The highest BCUT2D eigenvalue weighted by Crippen LogP contribution is 2.44. The van der Waals surface area contributed by atoms with Gasteiger partial charge in [-0.05, 0) is 27.6 Å². The van der Waals surface area contributed by atoms with Crippen LogP contribution in [0.3, 0.4) is 0 Å².